The van der Waals surface area contributed by atoms with E-state index < -0.39 is 0 Å². The summed E-state index contributed by atoms with van der Waals surface area (Å²) in [7, 11) is 0. The summed E-state index contributed by atoms with van der Waals surface area (Å²) >= 11 is 10.6. The molecule has 2 rings (SSSR count). The summed E-state index contributed by atoms with van der Waals surface area (Å²) in [6.45, 7) is 6.07. The van der Waals surface area contributed by atoms with Crippen LogP contribution in [0.5, 0.6) is 11.5 Å². The third-order valence-electron chi connectivity index (χ3n) is 4.09. The Morgan fingerprint density at radius 1 is 0.690 bits per heavy atom. The molecule has 0 radical (unpaired) electrons. The van der Waals surface area contributed by atoms with Crippen LogP contribution in [0, 0.1) is 0 Å². The molecular weight excluding hydrogens is 400 g/mol. The molecule has 0 saturated heterocycles. The number of nitrogens with one attached hydrogen (secondary N) is 4. The summed E-state index contributed by atoms with van der Waals surface area (Å²) in [5.74, 6) is 1.52. The molecule has 0 amide bonds. The summed E-state index contributed by atoms with van der Waals surface area (Å²) in [6.07, 6.45) is 4.48. The van der Waals surface area contributed by atoms with E-state index in [1.54, 1.807) is 0 Å². The molecule has 0 aliphatic heterocycles. The van der Waals surface area contributed by atoms with Crippen LogP contribution in [0.1, 0.15) is 39.5 Å². The largest absolute Gasteiger partial charge is 0.457 e. The Kier molecular flexibility index (Phi) is 10.2. The van der Waals surface area contributed by atoms with Crippen LogP contribution in [-0.4, -0.2) is 23.3 Å². The molecule has 0 bridgehead atoms. The average Bonchev–Trinajstić information content (AvgIpc) is 2.71. The molecule has 29 heavy (non-hydrogen) atoms. The maximum atomic E-state index is 5.90. The lowest BCUT2D eigenvalue weighted by molar-refractivity contribution is 0.483. The smallest absolute Gasteiger partial charge is 0.170 e. The van der Waals surface area contributed by atoms with Gasteiger partial charge in [0, 0.05) is 24.5 Å². The van der Waals surface area contributed by atoms with Gasteiger partial charge in [-0.2, -0.15) is 0 Å². The van der Waals surface area contributed by atoms with Crippen molar-refractivity contribution in [2.75, 3.05) is 23.7 Å². The van der Waals surface area contributed by atoms with E-state index in [2.05, 4.69) is 35.1 Å². The number of thiocarbonyl (C=S) groups is 2. The topological polar surface area (TPSA) is 57.4 Å². The van der Waals surface area contributed by atoms with Crippen LogP contribution < -0.4 is 26.0 Å². The average molecular weight is 431 g/mol. The lowest BCUT2D eigenvalue weighted by atomic mass is 10.3. The molecule has 2 aromatic carbocycles. The molecule has 4 N–H and O–H groups in total. The first kappa shape index (κ1) is 22.9. The minimum absolute atomic E-state index is 0.636. The van der Waals surface area contributed by atoms with Crippen molar-refractivity contribution >= 4 is 46.0 Å². The number of benzene rings is 2. The number of unbranched alkanes of at least 4 members (excludes halogenated alkanes) is 2. The van der Waals surface area contributed by atoms with Gasteiger partial charge < -0.3 is 26.0 Å². The van der Waals surface area contributed by atoms with Gasteiger partial charge in [-0.05, 0) is 85.8 Å². The fraction of sp³-hybridized carbons (Fsp3) is 0.364. The molecular formula is C22H30N4OS2. The van der Waals surface area contributed by atoms with Gasteiger partial charge in [0.2, 0.25) is 0 Å². The third-order valence-corrected chi connectivity index (χ3v) is 4.58. The predicted molar refractivity (Wildman–Crippen MR) is 131 cm³/mol. The van der Waals surface area contributed by atoms with Gasteiger partial charge in [0.15, 0.2) is 10.2 Å². The van der Waals surface area contributed by atoms with Crippen molar-refractivity contribution < 1.29 is 4.74 Å². The number of hydrogen-bond acceptors (Lipinski definition) is 3. The van der Waals surface area contributed by atoms with E-state index in [4.69, 9.17) is 29.2 Å². The van der Waals surface area contributed by atoms with Crippen LogP contribution in [0.25, 0.3) is 0 Å². The van der Waals surface area contributed by atoms with E-state index in [9.17, 15) is 0 Å². The van der Waals surface area contributed by atoms with Crippen LogP contribution in [0.4, 0.5) is 11.4 Å². The highest BCUT2D eigenvalue weighted by Crippen LogP contribution is 2.24. The van der Waals surface area contributed by atoms with Crippen molar-refractivity contribution in [2.24, 2.45) is 0 Å². The van der Waals surface area contributed by atoms with Crippen molar-refractivity contribution in [1.82, 2.24) is 10.6 Å². The highest BCUT2D eigenvalue weighted by atomic mass is 32.1. The van der Waals surface area contributed by atoms with Gasteiger partial charge in [0.05, 0.1) is 0 Å². The van der Waals surface area contributed by atoms with E-state index >= 15 is 0 Å². The molecule has 5 nitrogen and oxygen atoms in total. The highest BCUT2D eigenvalue weighted by molar-refractivity contribution is 7.80. The molecule has 0 spiro atoms. The zero-order valence-corrected chi connectivity index (χ0v) is 18.7. The van der Waals surface area contributed by atoms with Gasteiger partial charge >= 0.3 is 0 Å². The number of hydrogen-bond donors (Lipinski definition) is 4. The molecule has 0 atom stereocenters. The normalized spacial score (nSPS) is 10.1. The van der Waals surface area contributed by atoms with E-state index in [0.29, 0.717) is 10.2 Å². The fourth-order valence-electron chi connectivity index (χ4n) is 2.46. The third kappa shape index (κ3) is 9.11. The molecule has 0 saturated carbocycles. The van der Waals surface area contributed by atoms with Gasteiger partial charge in [-0.15, -0.1) is 0 Å². The Hall–Kier alpha value is -2.38. The SMILES string of the molecule is CCCCNC(=S)Nc1ccc(Oc2ccc(NC(=S)NCCCC)cc2)cc1. The minimum atomic E-state index is 0.636. The number of rotatable bonds is 10. The molecule has 2 aromatic rings. The van der Waals surface area contributed by atoms with Gasteiger partial charge in [0.1, 0.15) is 11.5 Å². The van der Waals surface area contributed by atoms with Crippen molar-refractivity contribution in [1.29, 1.82) is 0 Å². The second-order valence-corrected chi connectivity index (χ2v) is 7.44. The van der Waals surface area contributed by atoms with Crippen LogP contribution in [-0.2, 0) is 0 Å². The minimum Gasteiger partial charge on any atom is -0.457 e. The van der Waals surface area contributed by atoms with E-state index in [1.807, 2.05) is 48.5 Å². The first-order valence-corrected chi connectivity index (χ1v) is 10.9. The molecule has 0 fully saturated rings. The first-order valence-electron chi connectivity index (χ1n) is 10.1. The lowest BCUT2D eigenvalue weighted by Gasteiger charge is -2.12. The highest BCUT2D eigenvalue weighted by Gasteiger charge is 2.02. The summed E-state index contributed by atoms with van der Waals surface area (Å²) in [5.41, 5.74) is 1.85. The fourth-order valence-corrected chi connectivity index (χ4v) is 2.90. The molecule has 0 unspecified atom stereocenters. The van der Waals surface area contributed by atoms with Gasteiger partial charge in [-0.1, -0.05) is 26.7 Å². The summed E-state index contributed by atoms with van der Waals surface area (Å²) in [5, 5.41) is 14.0. The predicted octanol–water partition coefficient (Wildman–Crippen LogP) is 5.65. The maximum absolute atomic E-state index is 5.90. The maximum Gasteiger partial charge on any atom is 0.170 e. The van der Waals surface area contributed by atoms with Gasteiger partial charge in [0.25, 0.3) is 0 Å². The van der Waals surface area contributed by atoms with Crippen molar-refractivity contribution in [2.45, 2.75) is 39.5 Å². The Labute approximate surface area is 184 Å². The summed E-state index contributed by atoms with van der Waals surface area (Å²) < 4.78 is 5.90. The van der Waals surface area contributed by atoms with Crippen LogP contribution >= 0.6 is 24.4 Å². The van der Waals surface area contributed by atoms with E-state index in [-0.39, 0.29) is 0 Å². The van der Waals surface area contributed by atoms with Crippen LogP contribution in [0.2, 0.25) is 0 Å². The second kappa shape index (κ2) is 13.0. The Morgan fingerprint density at radius 2 is 1.07 bits per heavy atom. The van der Waals surface area contributed by atoms with E-state index in [0.717, 1.165) is 61.6 Å². The monoisotopic (exact) mass is 430 g/mol. The summed E-state index contributed by atoms with van der Waals surface area (Å²) in [4.78, 5) is 0. The van der Waals surface area contributed by atoms with Gasteiger partial charge in [-0.25, -0.2) is 0 Å². The van der Waals surface area contributed by atoms with Crippen LogP contribution in [0.3, 0.4) is 0 Å². The quantitative estimate of drug-likeness (QED) is 0.287. The molecule has 7 heteroatoms. The number of ether oxygens (including phenoxy) is 1. The Balaban J connectivity index is 1.80. The molecule has 0 heterocycles. The van der Waals surface area contributed by atoms with Crippen LogP contribution in [0.15, 0.2) is 48.5 Å². The lowest BCUT2D eigenvalue weighted by Crippen LogP contribution is -2.29. The summed E-state index contributed by atoms with van der Waals surface area (Å²) in [6, 6.07) is 15.4. The number of anilines is 2. The standard InChI is InChI=1S/C22H30N4OS2/c1-3-5-15-23-21(28)25-17-7-11-19(12-8-17)27-20-13-9-18(10-14-20)26-22(29)24-16-6-4-2/h7-14H,3-6,15-16H2,1-2H3,(H2,23,25,28)(H2,24,26,29). The van der Waals surface area contributed by atoms with Crippen molar-refractivity contribution in [3.05, 3.63) is 48.5 Å². The van der Waals surface area contributed by atoms with E-state index in [1.165, 1.54) is 0 Å². The van der Waals surface area contributed by atoms with Gasteiger partial charge in [-0.3, -0.25) is 0 Å². The Bertz CT molecular complexity index is 698. The zero-order chi connectivity index (χ0) is 20.9. The first-order chi connectivity index (χ1) is 14.1. The van der Waals surface area contributed by atoms with Crippen molar-refractivity contribution in [3.8, 4) is 11.5 Å². The Morgan fingerprint density at radius 3 is 1.41 bits per heavy atom. The second-order valence-electron chi connectivity index (χ2n) is 6.62. The molecule has 0 aromatic heterocycles. The molecule has 0 aliphatic rings. The zero-order valence-electron chi connectivity index (χ0n) is 17.1. The van der Waals surface area contributed by atoms with Crippen molar-refractivity contribution in [3.63, 3.8) is 0 Å². The molecule has 0 aliphatic carbocycles. The molecule has 156 valence electrons.